The van der Waals surface area contributed by atoms with Gasteiger partial charge in [0.25, 0.3) is 5.91 Å². The third kappa shape index (κ3) is 5.64. The van der Waals surface area contributed by atoms with Gasteiger partial charge in [-0.1, -0.05) is 38.1 Å². The summed E-state index contributed by atoms with van der Waals surface area (Å²) in [5.41, 5.74) is 5.40. The van der Waals surface area contributed by atoms with E-state index in [1.165, 1.54) is 12.1 Å². The molecule has 0 fully saturated rings. The third-order valence-corrected chi connectivity index (χ3v) is 7.37. The molecule has 7 nitrogen and oxygen atoms in total. The molecule has 1 aliphatic heterocycles. The second-order valence-electron chi connectivity index (χ2n) is 11.0. The number of phenolic OH excluding ortho intramolecular Hbond substituents is 1. The van der Waals surface area contributed by atoms with Gasteiger partial charge >= 0.3 is 0 Å². The van der Waals surface area contributed by atoms with Crippen LogP contribution in [0.4, 0.5) is 4.39 Å². The molecule has 3 aromatic carbocycles. The summed E-state index contributed by atoms with van der Waals surface area (Å²) < 4.78 is 25.7. The van der Waals surface area contributed by atoms with Crippen LogP contribution in [0.2, 0.25) is 0 Å². The van der Waals surface area contributed by atoms with Crippen molar-refractivity contribution in [2.24, 2.45) is 5.92 Å². The van der Waals surface area contributed by atoms with Crippen molar-refractivity contribution >= 4 is 5.91 Å². The predicted octanol–water partition coefficient (Wildman–Crippen LogP) is 7.11. The van der Waals surface area contributed by atoms with Crippen LogP contribution in [0.15, 0.2) is 54.6 Å². The lowest BCUT2D eigenvalue weighted by Crippen LogP contribution is -2.29. The average Bonchev–Trinajstić information content (AvgIpc) is 3.47. The molecule has 1 amide bonds. The van der Waals surface area contributed by atoms with Crippen molar-refractivity contribution in [2.75, 3.05) is 13.2 Å². The summed E-state index contributed by atoms with van der Waals surface area (Å²) in [7, 11) is 0. The van der Waals surface area contributed by atoms with Crippen LogP contribution in [0, 0.1) is 25.6 Å². The minimum Gasteiger partial charge on any atom is -0.507 e. The Kier molecular flexibility index (Phi) is 8.01. The van der Waals surface area contributed by atoms with Crippen LogP contribution in [-0.4, -0.2) is 39.3 Å². The molecule has 0 radical (unpaired) electrons. The number of carbonyl (C=O) groups is 1. The second kappa shape index (κ2) is 11.6. The molecule has 2 N–H and O–H groups in total. The number of benzene rings is 3. The van der Waals surface area contributed by atoms with Gasteiger partial charge < -0.3 is 19.5 Å². The molecule has 214 valence electrons. The summed E-state index contributed by atoms with van der Waals surface area (Å²) in [4.78, 5) is 15.6. The molecule has 5 rings (SSSR count). The van der Waals surface area contributed by atoms with Gasteiger partial charge in [0.1, 0.15) is 23.0 Å². The number of halogens is 1. The van der Waals surface area contributed by atoms with E-state index in [4.69, 9.17) is 9.47 Å². The van der Waals surface area contributed by atoms with Crippen LogP contribution >= 0.6 is 0 Å². The number of aromatic nitrogens is 2. The van der Waals surface area contributed by atoms with E-state index in [0.717, 1.165) is 28.7 Å². The molecule has 1 aromatic heterocycles. The van der Waals surface area contributed by atoms with Crippen LogP contribution in [0.25, 0.3) is 11.3 Å². The maximum absolute atomic E-state index is 13.9. The van der Waals surface area contributed by atoms with Gasteiger partial charge in [-0.3, -0.25) is 9.89 Å². The number of aromatic hydroxyl groups is 1. The molecule has 2 heterocycles. The van der Waals surface area contributed by atoms with Crippen LogP contribution in [0.1, 0.15) is 71.5 Å². The maximum atomic E-state index is 13.9. The average molecular weight is 558 g/mol. The summed E-state index contributed by atoms with van der Waals surface area (Å²) in [6.45, 7) is 11.3. The minimum atomic E-state index is -0.541. The summed E-state index contributed by atoms with van der Waals surface area (Å²) >= 11 is 0. The van der Waals surface area contributed by atoms with E-state index in [1.54, 1.807) is 17.0 Å². The fraction of sp³-hybridized carbons (Fsp3) is 0.333. The first kappa shape index (κ1) is 28.2. The smallest absolute Gasteiger partial charge is 0.273 e. The number of hydrogen-bond acceptors (Lipinski definition) is 5. The Morgan fingerprint density at radius 1 is 1.05 bits per heavy atom. The number of H-pyrrole nitrogens is 1. The van der Waals surface area contributed by atoms with Gasteiger partial charge in [0.2, 0.25) is 0 Å². The normalized spacial score (nSPS) is 14.6. The first-order valence-corrected chi connectivity index (χ1v) is 14.0. The number of carbonyl (C=O) groups excluding carboxylic acids is 1. The van der Waals surface area contributed by atoms with E-state index in [0.29, 0.717) is 53.1 Å². The SMILES string of the molecule is CCOc1cc(C2c3c(-c4cc(C)cc(C)c4O)n[nH]c3C(=O)N2Cc2ccc(F)cc2)ccc1OCCC(C)C. The fourth-order valence-electron chi connectivity index (χ4n) is 5.33. The van der Waals surface area contributed by atoms with Crippen molar-refractivity contribution in [3.05, 3.63) is 93.9 Å². The van der Waals surface area contributed by atoms with Crippen molar-refractivity contribution in [1.29, 1.82) is 0 Å². The summed E-state index contributed by atoms with van der Waals surface area (Å²) in [5.74, 6) is 1.30. The van der Waals surface area contributed by atoms with Crippen molar-refractivity contribution in [2.45, 2.75) is 53.6 Å². The van der Waals surface area contributed by atoms with Crippen molar-refractivity contribution in [3.8, 4) is 28.5 Å². The predicted molar refractivity (Wildman–Crippen MR) is 156 cm³/mol. The lowest BCUT2D eigenvalue weighted by atomic mass is 9.93. The summed E-state index contributed by atoms with van der Waals surface area (Å²) in [6.07, 6.45) is 0.914. The third-order valence-electron chi connectivity index (χ3n) is 7.37. The highest BCUT2D eigenvalue weighted by molar-refractivity contribution is 6.00. The van der Waals surface area contributed by atoms with Gasteiger partial charge in [0.05, 0.1) is 19.3 Å². The van der Waals surface area contributed by atoms with Gasteiger partial charge in [-0.15, -0.1) is 0 Å². The first-order valence-electron chi connectivity index (χ1n) is 14.0. The van der Waals surface area contributed by atoms with Gasteiger partial charge in [0.15, 0.2) is 11.5 Å². The number of nitrogens with one attached hydrogen (secondary N) is 1. The fourth-order valence-corrected chi connectivity index (χ4v) is 5.33. The Bertz CT molecular complexity index is 1560. The Balaban J connectivity index is 1.63. The quantitative estimate of drug-likeness (QED) is 0.217. The van der Waals surface area contributed by atoms with Gasteiger partial charge in [-0.05, 0) is 85.7 Å². The van der Waals surface area contributed by atoms with Crippen molar-refractivity contribution in [1.82, 2.24) is 15.1 Å². The Labute approximate surface area is 239 Å². The number of aryl methyl sites for hydroxylation is 2. The number of aromatic amines is 1. The Morgan fingerprint density at radius 2 is 1.80 bits per heavy atom. The maximum Gasteiger partial charge on any atom is 0.273 e. The van der Waals surface area contributed by atoms with Crippen molar-refractivity contribution in [3.63, 3.8) is 0 Å². The lowest BCUT2D eigenvalue weighted by Gasteiger charge is -2.27. The van der Waals surface area contributed by atoms with E-state index >= 15 is 0 Å². The number of fused-ring (bicyclic) bond motifs is 1. The molecule has 0 saturated heterocycles. The van der Waals surface area contributed by atoms with E-state index in [1.807, 2.05) is 51.1 Å². The second-order valence-corrected chi connectivity index (χ2v) is 11.0. The van der Waals surface area contributed by atoms with Crippen molar-refractivity contribution < 1.29 is 23.8 Å². The Morgan fingerprint density at radius 3 is 2.51 bits per heavy atom. The molecule has 0 spiro atoms. The molecular weight excluding hydrogens is 521 g/mol. The highest BCUT2D eigenvalue weighted by Gasteiger charge is 2.43. The molecule has 41 heavy (non-hydrogen) atoms. The molecule has 4 aromatic rings. The minimum absolute atomic E-state index is 0.122. The number of phenols is 1. The molecule has 1 atom stereocenters. The zero-order valence-corrected chi connectivity index (χ0v) is 24.1. The largest absolute Gasteiger partial charge is 0.507 e. The number of nitrogens with zero attached hydrogens (tertiary/aromatic N) is 2. The molecule has 0 saturated carbocycles. The van der Waals surface area contributed by atoms with Gasteiger partial charge in [0, 0.05) is 17.7 Å². The number of hydrogen-bond donors (Lipinski definition) is 2. The lowest BCUT2D eigenvalue weighted by molar-refractivity contribution is 0.0729. The highest BCUT2D eigenvalue weighted by atomic mass is 19.1. The molecule has 0 aliphatic carbocycles. The molecule has 0 bridgehead atoms. The molecule has 8 heteroatoms. The zero-order valence-electron chi connectivity index (χ0n) is 24.1. The number of rotatable bonds is 10. The molecular formula is C33H36FN3O4. The molecule has 1 unspecified atom stereocenters. The monoisotopic (exact) mass is 557 g/mol. The van der Waals surface area contributed by atoms with Gasteiger partial charge in [-0.2, -0.15) is 5.10 Å². The summed E-state index contributed by atoms with van der Waals surface area (Å²) in [5, 5.41) is 18.5. The standard InChI is InChI=1S/C33H36FN3O4/c1-6-40-27-17-23(9-12-26(27)41-14-13-19(2)3)31-28-29(25-16-20(4)15-21(5)32(25)38)35-36-30(28)33(39)37(31)18-22-7-10-24(34)11-8-22/h7-12,15-17,19,31,38H,6,13-14,18H2,1-5H3,(H,35,36). The van der Waals surface area contributed by atoms with Crippen LogP contribution in [0.3, 0.4) is 0 Å². The van der Waals surface area contributed by atoms with E-state index in [-0.39, 0.29) is 24.0 Å². The van der Waals surface area contributed by atoms with E-state index in [2.05, 4.69) is 24.0 Å². The summed E-state index contributed by atoms with van der Waals surface area (Å²) in [6, 6.07) is 15.1. The Hall–Kier alpha value is -4.33. The highest BCUT2D eigenvalue weighted by Crippen LogP contribution is 2.47. The number of ether oxygens (including phenoxy) is 2. The van der Waals surface area contributed by atoms with E-state index in [9.17, 15) is 14.3 Å². The van der Waals surface area contributed by atoms with E-state index < -0.39 is 6.04 Å². The topological polar surface area (TPSA) is 87.7 Å². The number of amides is 1. The van der Waals surface area contributed by atoms with Gasteiger partial charge in [-0.25, -0.2) is 4.39 Å². The van der Waals surface area contributed by atoms with Crippen LogP contribution in [-0.2, 0) is 6.54 Å². The first-order chi connectivity index (χ1) is 19.7. The molecule has 1 aliphatic rings. The van der Waals surface area contributed by atoms with Crippen LogP contribution < -0.4 is 9.47 Å². The van der Waals surface area contributed by atoms with Crippen LogP contribution in [0.5, 0.6) is 17.2 Å². The zero-order chi connectivity index (χ0) is 29.3.